The molecule has 7 heteroatoms. The molecule has 0 saturated heterocycles. The van der Waals surface area contributed by atoms with Crippen LogP contribution in [0.25, 0.3) is 0 Å². The van der Waals surface area contributed by atoms with E-state index in [0.717, 1.165) is 6.07 Å². The molecule has 0 fully saturated rings. The number of halogens is 1. The summed E-state index contributed by atoms with van der Waals surface area (Å²) in [6.45, 7) is -0.374. The zero-order chi connectivity index (χ0) is 14.4. The van der Waals surface area contributed by atoms with Crippen LogP contribution in [-0.4, -0.2) is 29.8 Å². The molecule has 6 nitrogen and oxygen atoms in total. The Labute approximate surface area is 109 Å². The lowest BCUT2D eigenvalue weighted by Gasteiger charge is -2.19. The summed E-state index contributed by atoms with van der Waals surface area (Å²) < 4.78 is 13.1. The van der Waals surface area contributed by atoms with Crippen molar-refractivity contribution < 1.29 is 14.0 Å². The topological polar surface area (TPSA) is 113 Å². The van der Waals surface area contributed by atoms with Crippen LogP contribution in [-0.2, 0) is 16.1 Å². The third-order valence-electron chi connectivity index (χ3n) is 2.34. The number of carbonyl (C=O) groups is 2. The molecule has 0 aliphatic carbocycles. The van der Waals surface area contributed by atoms with Gasteiger partial charge in [0.05, 0.1) is 24.7 Å². The van der Waals surface area contributed by atoms with E-state index >= 15 is 0 Å². The molecule has 1 aromatic carbocycles. The fraction of sp³-hybridized carbons (Fsp3) is 0.250. The van der Waals surface area contributed by atoms with Crippen LogP contribution in [0.4, 0.5) is 4.39 Å². The predicted octanol–water partition coefficient (Wildman–Crippen LogP) is -0.530. The van der Waals surface area contributed by atoms with E-state index in [4.69, 9.17) is 16.7 Å². The SMILES string of the molecule is N#Cc1ccc(F)cc1CN(CC(N)=O)CC(N)=O. The van der Waals surface area contributed by atoms with Crippen LogP contribution in [0, 0.1) is 17.1 Å². The van der Waals surface area contributed by atoms with Crippen molar-refractivity contribution in [3.05, 3.63) is 35.1 Å². The Morgan fingerprint density at radius 1 is 1.26 bits per heavy atom. The number of carbonyl (C=O) groups excluding carboxylic acids is 2. The number of nitriles is 1. The first-order chi connectivity index (χ1) is 8.92. The number of nitrogens with two attached hydrogens (primary N) is 2. The van der Waals surface area contributed by atoms with E-state index in [1.807, 2.05) is 6.07 Å². The number of benzene rings is 1. The molecule has 2 amide bonds. The third kappa shape index (κ3) is 4.73. The normalized spacial score (nSPS) is 10.2. The van der Waals surface area contributed by atoms with Crippen molar-refractivity contribution in [3.63, 3.8) is 0 Å². The molecule has 0 saturated carbocycles. The second-order valence-corrected chi connectivity index (χ2v) is 3.99. The van der Waals surface area contributed by atoms with Crippen molar-refractivity contribution in [1.82, 2.24) is 4.90 Å². The Bertz CT molecular complexity index is 523. The molecule has 0 aromatic heterocycles. The molecule has 0 aliphatic rings. The van der Waals surface area contributed by atoms with Gasteiger partial charge in [0.15, 0.2) is 0 Å². The third-order valence-corrected chi connectivity index (χ3v) is 2.34. The number of amides is 2. The molecule has 0 atom stereocenters. The van der Waals surface area contributed by atoms with Gasteiger partial charge in [-0.3, -0.25) is 14.5 Å². The first kappa shape index (κ1) is 14.6. The second kappa shape index (κ2) is 6.47. The van der Waals surface area contributed by atoms with Crippen LogP contribution >= 0.6 is 0 Å². The fourth-order valence-electron chi connectivity index (χ4n) is 1.65. The standard InChI is InChI=1S/C12H13FN4O2/c13-10-2-1-8(4-14)9(3-10)5-17(6-11(15)18)7-12(16)19/h1-3H,5-7H2,(H2,15,18)(H2,16,19). The van der Waals surface area contributed by atoms with E-state index in [1.165, 1.54) is 17.0 Å². The molecule has 4 N–H and O–H groups in total. The fourth-order valence-corrected chi connectivity index (χ4v) is 1.65. The number of rotatable bonds is 6. The molecule has 19 heavy (non-hydrogen) atoms. The minimum atomic E-state index is -0.642. The molecule has 0 spiro atoms. The average Bonchev–Trinajstić information content (AvgIpc) is 2.27. The average molecular weight is 264 g/mol. The van der Waals surface area contributed by atoms with Crippen molar-refractivity contribution in [2.75, 3.05) is 13.1 Å². The van der Waals surface area contributed by atoms with Gasteiger partial charge in [-0.2, -0.15) is 5.26 Å². The highest BCUT2D eigenvalue weighted by molar-refractivity contribution is 5.79. The lowest BCUT2D eigenvalue weighted by molar-refractivity contribution is -0.122. The van der Waals surface area contributed by atoms with Crippen molar-refractivity contribution >= 4 is 11.8 Å². The maximum atomic E-state index is 13.1. The van der Waals surface area contributed by atoms with Gasteiger partial charge in [0.2, 0.25) is 11.8 Å². The zero-order valence-electron chi connectivity index (χ0n) is 10.1. The van der Waals surface area contributed by atoms with Crippen molar-refractivity contribution in [3.8, 4) is 6.07 Å². The van der Waals surface area contributed by atoms with E-state index in [1.54, 1.807) is 0 Å². The van der Waals surface area contributed by atoms with E-state index in [0.29, 0.717) is 5.56 Å². The van der Waals surface area contributed by atoms with Crippen molar-refractivity contribution in [2.24, 2.45) is 11.5 Å². The summed E-state index contributed by atoms with van der Waals surface area (Å²) in [5, 5.41) is 8.91. The van der Waals surface area contributed by atoms with Gasteiger partial charge in [0.25, 0.3) is 0 Å². The summed E-state index contributed by atoms with van der Waals surface area (Å²) in [6, 6.07) is 5.58. The monoisotopic (exact) mass is 264 g/mol. The van der Waals surface area contributed by atoms with E-state index in [-0.39, 0.29) is 25.2 Å². The molecule has 1 aromatic rings. The number of primary amides is 2. The summed E-state index contributed by atoms with van der Waals surface area (Å²) >= 11 is 0. The van der Waals surface area contributed by atoms with Crippen LogP contribution < -0.4 is 11.5 Å². The zero-order valence-corrected chi connectivity index (χ0v) is 10.1. The van der Waals surface area contributed by atoms with Crippen molar-refractivity contribution in [2.45, 2.75) is 6.54 Å². The Balaban J connectivity index is 2.95. The Hall–Kier alpha value is -2.46. The second-order valence-electron chi connectivity index (χ2n) is 3.99. The highest BCUT2D eigenvalue weighted by atomic mass is 19.1. The molecule has 0 unspecified atom stereocenters. The summed E-state index contributed by atoms with van der Waals surface area (Å²) in [5.41, 5.74) is 10.7. The lowest BCUT2D eigenvalue weighted by Crippen LogP contribution is -2.39. The minimum absolute atomic E-state index is 0.0343. The first-order valence-electron chi connectivity index (χ1n) is 5.40. The number of hydrogen-bond acceptors (Lipinski definition) is 4. The van der Waals surface area contributed by atoms with Crippen LogP contribution in [0.5, 0.6) is 0 Å². The Kier molecular flexibility index (Phi) is 4.97. The van der Waals surface area contributed by atoms with Crippen LogP contribution in [0.1, 0.15) is 11.1 Å². The summed E-state index contributed by atoms with van der Waals surface area (Å²) in [4.78, 5) is 23.1. The molecule has 0 radical (unpaired) electrons. The largest absolute Gasteiger partial charge is 0.369 e. The summed E-state index contributed by atoms with van der Waals surface area (Å²) in [6.07, 6.45) is 0. The van der Waals surface area contributed by atoms with Gasteiger partial charge < -0.3 is 11.5 Å². The number of nitrogens with zero attached hydrogens (tertiary/aromatic N) is 2. The molecule has 0 heterocycles. The highest BCUT2D eigenvalue weighted by Crippen LogP contribution is 2.13. The van der Waals surface area contributed by atoms with Crippen molar-refractivity contribution in [1.29, 1.82) is 5.26 Å². The first-order valence-corrected chi connectivity index (χ1v) is 5.40. The molecular weight excluding hydrogens is 251 g/mol. The lowest BCUT2D eigenvalue weighted by atomic mass is 10.1. The molecule has 0 bridgehead atoms. The van der Waals surface area contributed by atoms with E-state index in [9.17, 15) is 14.0 Å². The van der Waals surface area contributed by atoms with Gasteiger partial charge in [-0.1, -0.05) is 0 Å². The molecular formula is C12H13FN4O2. The van der Waals surface area contributed by atoms with Gasteiger partial charge in [-0.15, -0.1) is 0 Å². The highest BCUT2D eigenvalue weighted by Gasteiger charge is 2.14. The summed E-state index contributed by atoms with van der Waals surface area (Å²) in [5.74, 6) is -1.79. The molecule has 100 valence electrons. The van der Waals surface area contributed by atoms with E-state index < -0.39 is 17.6 Å². The van der Waals surface area contributed by atoms with E-state index in [2.05, 4.69) is 0 Å². The van der Waals surface area contributed by atoms with Gasteiger partial charge in [-0.25, -0.2) is 4.39 Å². The van der Waals surface area contributed by atoms with Crippen LogP contribution in [0.15, 0.2) is 18.2 Å². The van der Waals surface area contributed by atoms with Gasteiger partial charge in [-0.05, 0) is 23.8 Å². The number of hydrogen-bond donors (Lipinski definition) is 2. The van der Waals surface area contributed by atoms with Gasteiger partial charge in [0.1, 0.15) is 5.82 Å². The summed E-state index contributed by atoms with van der Waals surface area (Å²) in [7, 11) is 0. The minimum Gasteiger partial charge on any atom is -0.369 e. The maximum absolute atomic E-state index is 13.1. The maximum Gasteiger partial charge on any atom is 0.231 e. The molecule has 0 aliphatic heterocycles. The quantitative estimate of drug-likeness (QED) is 0.718. The smallest absolute Gasteiger partial charge is 0.231 e. The van der Waals surface area contributed by atoms with Crippen LogP contribution in [0.3, 0.4) is 0 Å². The molecule has 1 rings (SSSR count). The van der Waals surface area contributed by atoms with Gasteiger partial charge >= 0.3 is 0 Å². The Morgan fingerprint density at radius 2 is 1.84 bits per heavy atom. The Morgan fingerprint density at radius 3 is 2.32 bits per heavy atom. The predicted molar refractivity (Wildman–Crippen MR) is 64.8 cm³/mol. The van der Waals surface area contributed by atoms with Gasteiger partial charge in [0, 0.05) is 6.54 Å². The van der Waals surface area contributed by atoms with Crippen LogP contribution in [0.2, 0.25) is 0 Å².